The molecule has 0 bridgehead atoms. The van der Waals surface area contributed by atoms with Crippen molar-refractivity contribution >= 4 is 16.0 Å². The molecule has 0 aliphatic carbocycles. The van der Waals surface area contributed by atoms with Gasteiger partial charge in [-0.3, -0.25) is 10.1 Å². The Kier molecular flexibility index (Phi) is 3.50. The monoisotopic (exact) mass is 321 g/mol. The standard InChI is InChI=1S/C14H15N3O4S/c1-22(20,21)17-11-8-15-13(14(18)19)12(11)10(16-17)7-9-5-3-2-4-6-9/h2-6,13,15H,7-8H2,1H3,(H,18,19). The molecule has 1 atom stereocenters. The summed E-state index contributed by atoms with van der Waals surface area (Å²) in [5.41, 5.74) is 2.28. The maximum absolute atomic E-state index is 11.9. The fourth-order valence-electron chi connectivity index (χ4n) is 2.70. The van der Waals surface area contributed by atoms with Crippen LogP contribution < -0.4 is 5.32 Å². The summed E-state index contributed by atoms with van der Waals surface area (Å²) in [7, 11) is -3.58. The van der Waals surface area contributed by atoms with E-state index >= 15 is 0 Å². The number of hydrogen-bond acceptors (Lipinski definition) is 5. The molecular weight excluding hydrogens is 306 g/mol. The minimum atomic E-state index is -3.58. The van der Waals surface area contributed by atoms with Crippen LogP contribution in [0.2, 0.25) is 0 Å². The maximum Gasteiger partial charge on any atom is 0.325 e. The second-order valence-corrected chi connectivity index (χ2v) is 7.04. The topological polar surface area (TPSA) is 101 Å². The van der Waals surface area contributed by atoms with Crippen molar-refractivity contribution in [3.05, 3.63) is 52.8 Å². The number of hydrogen-bond donors (Lipinski definition) is 2. The molecule has 116 valence electrons. The second-order valence-electron chi connectivity index (χ2n) is 5.23. The first-order valence-electron chi connectivity index (χ1n) is 6.69. The van der Waals surface area contributed by atoms with Crippen molar-refractivity contribution in [3.63, 3.8) is 0 Å². The molecule has 2 heterocycles. The summed E-state index contributed by atoms with van der Waals surface area (Å²) >= 11 is 0. The van der Waals surface area contributed by atoms with Crippen LogP contribution in [0.15, 0.2) is 30.3 Å². The first-order valence-corrected chi connectivity index (χ1v) is 8.54. The number of aliphatic carboxylic acids is 1. The number of carbonyl (C=O) groups is 1. The van der Waals surface area contributed by atoms with E-state index in [0.717, 1.165) is 15.9 Å². The Hall–Kier alpha value is -2.19. The third-order valence-corrected chi connectivity index (χ3v) is 4.53. The van der Waals surface area contributed by atoms with Gasteiger partial charge in [0.15, 0.2) is 0 Å². The third kappa shape index (κ3) is 2.51. The van der Waals surface area contributed by atoms with Gasteiger partial charge >= 0.3 is 5.97 Å². The molecular formula is C14H15N3O4S. The van der Waals surface area contributed by atoms with Gasteiger partial charge in [0.2, 0.25) is 0 Å². The number of carboxylic acids is 1. The molecule has 1 aromatic heterocycles. The Morgan fingerprint density at radius 2 is 2.09 bits per heavy atom. The highest BCUT2D eigenvalue weighted by atomic mass is 32.2. The van der Waals surface area contributed by atoms with E-state index in [1.165, 1.54) is 0 Å². The van der Waals surface area contributed by atoms with Crippen molar-refractivity contribution in [2.45, 2.75) is 19.0 Å². The molecule has 0 saturated carbocycles. The van der Waals surface area contributed by atoms with Gasteiger partial charge in [-0.15, -0.1) is 0 Å². The normalized spacial score (nSPS) is 17.4. The molecule has 0 saturated heterocycles. The second kappa shape index (κ2) is 5.22. The van der Waals surface area contributed by atoms with E-state index < -0.39 is 22.0 Å². The van der Waals surface area contributed by atoms with Crippen molar-refractivity contribution in [3.8, 4) is 0 Å². The van der Waals surface area contributed by atoms with Gasteiger partial charge in [-0.1, -0.05) is 30.3 Å². The molecule has 3 rings (SSSR count). The lowest BCUT2D eigenvalue weighted by molar-refractivity contribution is -0.139. The fourth-order valence-corrected chi connectivity index (χ4v) is 3.51. The quantitative estimate of drug-likeness (QED) is 0.851. The molecule has 1 aliphatic rings. The summed E-state index contributed by atoms with van der Waals surface area (Å²) in [6, 6.07) is 8.48. The van der Waals surface area contributed by atoms with Gasteiger partial charge in [-0.05, 0) is 5.56 Å². The van der Waals surface area contributed by atoms with Gasteiger partial charge in [0.05, 0.1) is 17.6 Å². The van der Waals surface area contributed by atoms with Gasteiger partial charge in [-0.25, -0.2) is 8.42 Å². The van der Waals surface area contributed by atoms with Gasteiger partial charge in [0.1, 0.15) is 6.04 Å². The summed E-state index contributed by atoms with van der Waals surface area (Å²) in [5.74, 6) is -1.04. The molecule has 2 N–H and O–H groups in total. The molecule has 0 spiro atoms. The molecule has 0 fully saturated rings. The number of nitrogens with one attached hydrogen (secondary N) is 1. The molecule has 22 heavy (non-hydrogen) atoms. The Labute approximate surface area is 127 Å². The highest BCUT2D eigenvalue weighted by Crippen LogP contribution is 2.31. The number of rotatable bonds is 4. The highest BCUT2D eigenvalue weighted by Gasteiger charge is 2.36. The van der Waals surface area contributed by atoms with Crippen LogP contribution in [0.4, 0.5) is 0 Å². The molecule has 0 amide bonds. The summed E-state index contributed by atoms with van der Waals surface area (Å²) in [4.78, 5) is 11.4. The molecule has 7 nitrogen and oxygen atoms in total. The number of aromatic nitrogens is 2. The van der Waals surface area contributed by atoms with Gasteiger partial charge in [-0.2, -0.15) is 9.19 Å². The van der Waals surface area contributed by atoms with E-state index in [2.05, 4.69) is 10.4 Å². The van der Waals surface area contributed by atoms with Crippen LogP contribution >= 0.6 is 0 Å². The summed E-state index contributed by atoms with van der Waals surface area (Å²) < 4.78 is 24.7. The number of benzene rings is 1. The Morgan fingerprint density at radius 3 is 2.68 bits per heavy atom. The van der Waals surface area contributed by atoms with Crippen LogP contribution in [0.25, 0.3) is 0 Å². The average molecular weight is 321 g/mol. The molecule has 1 aromatic carbocycles. The molecule has 1 aliphatic heterocycles. The summed E-state index contributed by atoms with van der Waals surface area (Å²) in [5, 5.41) is 16.3. The first kappa shape index (κ1) is 14.7. The fraction of sp³-hybridized carbons (Fsp3) is 0.286. The van der Waals surface area contributed by atoms with Crippen molar-refractivity contribution in [1.82, 2.24) is 14.5 Å². The molecule has 1 unspecified atom stereocenters. The van der Waals surface area contributed by atoms with Crippen LogP contribution in [-0.4, -0.2) is 34.9 Å². The Morgan fingerprint density at radius 1 is 1.41 bits per heavy atom. The third-order valence-electron chi connectivity index (χ3n) is 3.60. The SMILES string of the molecule is CS(=O)(=O)n1nc(Cc2ccccc2)c2c1CNC2C(=O)O. The maximum atomic E-state index is 11.9. The molecule has 2 aromatic rings. The molecule has 8 heteroatoms. The van der Waals surface area contributed by atoms with Crippen molar-refractivity contribution < 1.29 is 18.3 Å². The first-order chi connectivity index (χ1) is 10.4. The van der Waals surface area contributed by atoms with Crippen LogP contribution in [0.1, 0.15) is 28.6 Å². The van der Waals surface area contributed by atoms with E-state index in [4.69, 9.17) is 0 Å². The van der Waals surface area contributed by atoms with Crippen molar-refractivity contribution in [2.24, 2.45) is 0 Å². The van der Waals surface area contributed by atoms with Crippen LogP contribution in [0.3, 0.4) is 0 Å². The molecule has 0 radical (unpaired) electrons. The predicted octanol–water partition coefficient (Wildman–Crippen LogP) is 0.511. The van der Waals surface area contributed by atoms with Crippen molar-refractivity contribution in [1.29, 1.82) is 0 Å². The van der Waals surface area contributed by atoms with Crippen LogP contribution in [0, 0.1) is 0 Å². The minimum Gasteiger partial charge on any atom is -0.480 e. The average Bonchev–Trinajstić information content (AvgIpc) is 3.00. The van der Waals surface area contributed by atoms with Gasteiger partial charge in [0.25, 0.3) is 10.0 Å². The zero-order valence-corrected chi connectivity index (χ0v) is 12.7. The Bertz CT molecular complexity index is 827. The lowest BCUT2D eigenvalue weighted by Crippen LogP contribution is -2.23. The van der Waals surface area contributed by atoms with Gasteiger partial charge in [0, 0.05) is 18.5 Å². The van der Waals surface area contributed by atoms with E-state index in [1.54, 1.807) is 0 Å². The highest BCUT2D eigenvalue weighted by molar-refractivity contribution is 7.89. The lowest BCUT2D eigenvalue weighted by Gasteiger charge is -2.07. The zero-order valence-electron chi connectivity index (χ0n) is 11.9. The smallest absolute Gasteiger partial charge is 0.325 e. The predicted molar refractivity (Wildman–Crippen MR) is 78.9 cm³/mol. The summed E-state index contributed by atoms with van der Waals surface area (Å²) in [6.45, 7) is 0.168. The van der Waals surface area contributed by atoms with E-state index in [1.807, 2.05) is 30.3 Å². The van der Waals surface area contributed by atoms with Crippen LogP contribution in [-0.2, 0) is 27.8 Å². The van der Waals surface area contributed by atoms with Crippen LogP contribution in [0.5, 0.6) is 0 Å². The largest absolute Gasteiger partial charge is 0.480 e. The number of carboxylic acid groups (broad SMARTS) is 1. The lowest BCUT2D eigenvalue weighted by atomic mass is 10.0. The number of nitrogens with zero attached hydrogens (tertiary/aromatic N) is 2. The Balaban J connectivity index is 2.12. The zero-order chi connectivity index (χ0) is 15.9. The van der Waals surface area contributed by atoms with E-state index in [0.29, 0.717) is 23.4 Å². The van der Waals surface area contributed by atoms with E-state index in [-0.39, 0.29) is 6.54 Å². The summed E-state index contributed by atoms with van der Waals surface area (Å²) in [6.07, 6.45) is 1.44. The van der Waals surface area contributed by atoms with E-state index in [9.17, 15) is 18.3 Å². The van der Waals surface area contributed by atoms with Crippen molar-refractivity contribution in [2.75, 3.05) is 6.26 Å². The minimum absolute atomic E-state index is 0.168. The van der Waals surface area contributed by atoms with Gasteiger partial charge < -0.3 is 5.11 Å². The number of fused-ring (bicyclic) bond motifs is 1.